The second kappa shape index (κ2) is 8.88. The van der Waals surface area contributed by atoms with Crippen molar-refractivity contribution in [2.45, 2.75) is 25.4 Å². The van der Waals surface area contributed by atoms with Gasteiger partial charge in [-0.1, -0.05) is 28.4 Å². The molecule has 3 heterocycles. The molecule has 0 aliphatic rings. The minimum atomic E-state index is -4.85. The highest BCUT2D eigenvalue weighted by Crippen LogP contribution is 2.35. The summed E-state index contributed by atoms with van der Waals surface area (Å²) in [5.74, 6) is -0.201. The van der Waals surface area contributed by atoms with E-state index in [1.807, 2.05) is 0 Å². The molecule has 35 heavy (non-hydrogen) atoms. The molecule has 3 aromatic heterocycles. The van der Waals surface area contributed by atoms with Crippen molar-refractivity contribution in [2.24, 2.45) is 0 Å². The Labute approximate surface area is 201 Å². The first-order chi connectivity index (χ1) is 16.2. The van der Waals surface area contributed by atoms with Crippen LogP contribution in [-0.4, -0.2) is 43.5 Å². The maximum Gasteiger partial charge on any atom is 0.417 e. The summed E-state index contributed by atoms with van der Waals surface area (Å²) in [6.45, 7) is 0.527. The van der Waals surface area contributed by atoms with Crippen LogP contribution < -0.4 is 4.74 Å². The molecule has 0 saturated carbocycles. The SMILES string of the molecule is Cc1cc(OCC(O)C(F)(F)F)c(Cl)cc1-c1noc(-c2cn3cc(C(F)(F)F)cc(Cl)c3n2)n1. The lowest BCUT2D eigenvalue weighted by Gasteiger charge is -2.16. The number of pyridine rings is 1. The van der Waals surface area contributed by atoms with Crippen molar-refractivity contribution >= 4 is 28.8 Å². The van der Waals surface area contributed by atoms with E-state index in [0.29, 0.717) is 11.1 Å². The number of aryl methyl sites for hydroxylation is 1. The third kappa shape index (κ3) is 5.16. The molecular formula is C20H12Cl2F6N4O3. The Balaban J connectivity index is 1.62. The quantitative estimate of drug-likeness (QED) is 0.313. The highest BCUT2D eigenvalue weighted by atomic mass is 35.5. The Morgan fingerprint density at radius 1 is 1.06 bits per heavy atom. The van der Waals surface area contributed by atoms with Crippen molar-refractivity contribution < 1.29 is 40.7 Å². The minimum absolute atomic E-state index is 0.0282. The summed E-state index contributed by atoms with van der Waals surface area (Å²) in [6.07, 6.45) is -10.1. The van der Waals surface area contributed by atoms with Crippen LogP contribution in [0.1, 0.15) is 11.1 Å². The molecule has 1 aromatic carbocycles. The van der Waals surface area contributed by atoms with E-state index in [9.17, 15) is 26.3 Å². The van der Waals surface area contributed by atoms with E-state index < -0.39 is 30.6 Å². The summed E-state index contributed by atoms with van der Waals surface area (Å²) in [6, 6.07) is 3.41. The average Bonchev–Trinajstić information content (AvgIpc) is 3.39. The van der Waals surface area contributed by atoms with Gasteiger partial charge in [0.25, 0.3) is 5.89 Å². The molecule has 1 unspecified atom stereocenters. The number of halogens is 8. The Bertz CT molecular complexity index is 1400. The Hall–Kier alpha value is -3.03. The van der Waals surface area contributed by atoms with Crippen LogP contribution in [-0.2, 0) is 6.18 Å². The standard InChI is InChI=1S/C20H12Cl2F6N4O3/c1-8-2-14(34-7-15(33)20(26,27)28)11(21)4-10(8)16-30-18(35-31-16)13-6-32-5-9(19(23,24)25)3-12(22)17(32)29-13/h2-6,15,33H,7H2,1H3. The molecule has 0 aliphatic carbocycles. The van der Waals surface area contributed by atoms with Crippen LogP contribution in [0.3, 0.4) is 0 Å². The van der Waals surface area contributed by atoms with Crippen molar-refractivity contribution in [3.05, 3.63) is 51.8 Å². The van der Waals surface area contributed by atoms with E-state index in [4.69, 9.17) is 37.6 Å². The summed E-state index contributed by atoms with van der Waals surface area (Å²) in [7, 11) is 0. The fraction of sp³-hybridized carbons (Fsp3) is 0.250. The first-order valence-corrected chi connectivity index (χ1v) is 10.3. The van der Waals surface area contributed by atoms with E-state index >= 15 is 0 Å². The van der Waals surface area contributed by atoms with Gasteiger partial charge in [-0.2, -0.15) is 31.3 Å². The van der Waals surface area contributed by atoms with Gasteiger partial charge in [0.05, 0.1) is 15.6 Å². The van der Waals surface area contributed by atoms with Crippen LogP contribution >= 0.6 is 23.2 Å². The molecule has 0 aliphatic heterocycles. The van der Waals surface area contributed by atoms with Crippen molar-refractivity contribution in [2.75, 3.05) is 6.61 Å². The molecule has 0 spiro atoms. The molecule has 0 amide bonds. The molecule has 0 bridgehead atoms. The highest BCUT2D eigenvalue weighted by molar-refractivity contribution is 6.33. The molecular weight excluding hydrogens is 529 g/mol. The molecule has 0 saturated heterocycles. The molecule has 15 heteroatoms. The third-order valence-corrected chi connectivity index (χ3v) is 5.35. The fourth-order valence-corrected chi connectivity index (χ4v) is 3.50. The second-order valence-electron chi connectivity index (χ2n) is 7.32. The second-order valence-corrected chi connectivity index (χ2v) is 8.13. The van der Waals surface area contributed by atoms with Gasteiger partial charge in [-0.15, -0.1) is 0 Å². The molecule has 0 fully saturated rings. The zero-order valence-corrected chi connectivity index (χ0v) is 18.8. The van der Waals surface area contributed by atoms with Crippen LogP contribution in [0.2, 0.25) is 10.0 Å². The molecule has 0 radical (unpaired) electrons. The number of alkyl halides is 6. The molecule has 1 N–H and O–H groups in total. The minimum Gasteiger partial charge on any atom is -0.489 e. The number of nitrogens with zero attached hydrogens (tertiary/aromatic N) is 4. The molecule has 186 valence electrons. The van der Waals surface area contributed by atoms with Crippen LogP contribution in [0.15, 0.2) is 35.1 Å². The normalized spacial score (nSPS) is 13.4. The van der Waals surface area contributed by atoms with Gasteiger partial charge in [-0.25, -0.2) is 4.98 Å². The lowest BCUT2D eigenvalue weighted by molar-refractivity contribution is -0.210. The van der Waals surface area contributed by atoms with Crippen molar-refractivity contribution in [3.8, 4) is 28.7 Å². The molecule has 1 atom stereocenters. The van der Waals surface area contributed by atoms with Gasteiger partial charge in [0.2, 0.25) is 5.82 Å². The predicted molar refractivity (Wildman–Crippen MR) is 111 cm³/mol. The number of aliphatic hydroxyl groups is 1. The van der Waals surface area contributed by atoms with Gasteiger partial charge >= 0.3 is 12.4 Å². The first kappa shape index (κ1) is 25.1. The van der Waals surface area contributed by atoms with Gasteiger partial charge in [-0.05, 0) is 30.7 Å². The van der Waals surface area contributed by atoms with E-state index in [2.05, 4.69) is 15.1 Å². The van der Waals surface area contributed by atoms with E-state index in [1.54, 1.807) is 6.92 Å². The number of benzene rings is 1. The maximum atomic E-state index is 13.0. The summed E-state index contributed by atoms with van der Waals surface area (Å²) in [5, 5.41) is 12.6. The van der Waals surface area contributed by atoms with Gasteiger partial charge in [-0.3, -0.25) is 0 Å². The molecule has 4 aromatic rings. The zero-order chi connectivity index (χ0) is 25.7. The Morgan fingerprint density at radius 3 is 2.43 bits per heavy atom. The largest absolute Gasteiger partial charge is 0.489 e. The van der Waals surface area contributed by atoms with Crippen molar-refractivity contribution in [1.29, 1.82) is 0 Å². The summed E-state index contributed by atoms with van der Waals surface area (Å²) < 4.78 is 87.8. The Kier molecular flexibility index (Phi) is 6.36. The van der Waals surface area contributed by atoms with Gasteiger partial charge in [0, 0.05) is 18.0 Å². The Morgan fingerprint density at radius 2 is 1.77 bits per heavy atom. The number of aromatic nitrogens is 4. The van der Waals surface area contributed by atoms with Crippen LogP contribution in [0.5, 0.6) is 5.75 Å². The highest BCUT2D eigenvalue weighted by Gasteiger charge is 2.39. The van der Waals surface area contributed by atoms with E-state index in [-0.39, 0.29) is 38.9 Å². The lowest BCUT2D eigenvalue weighted by atomic mass is 10.1. The average molecular weight is 541 g/mol. The van der Waals surface area contributed by atoms with Gasteiger partial charge in [0.15, 0.2) is 11.8 Å². The fourth-order valence-electron chi connectivity index (χ4n) is 3.02. The number of aliphatic hydroxyl groups excluding tert-OH is 1. The number of rotatable bonds is 5. The monoisotopic (exact) mass is 540 g/mol. The van der Waals surface area contributed by atoms with Crippen LogP contribution in [0.25, 0.3) is 28.6 Å². The number of hydrogen-bond acceptors (Lipinski definition) is 6. The molecule has 7 nitrogen and oxygen atoms in total. The number of imidazole rings is 1. The number of hydrogen-bond donors (Lipinski definition) is 1. The zero-order valence-electron chi connectivity index (χ0n) is 17.2. The first-order valence-electron chi connectivity index (χ1n) is 9.51. The topological polar surface area (TPSA) is 85.7 Å². The smallest absolute Gasteiger partial charge is 0.417 e. The number of fused-ring (bicyclic) bond motifs is 1. The van der Waals surface area contributed by atoms with Crippen LogP contribution in [0.4, 0.5) is 26.3 Å². The molecule has 4 rings (SSSR count). The maximum absolute atomic E-state index is 13.0. The van der Waals surface area contributed by atoms with Gasteiger partial charge < -0.3 is 18.8 Å². The predicted octanol–water partition coefficient (Wildman–Crippen LogP) is 5.99. The summed E-state index contributed by atoms with van der Waals surface area (Å²) in [5.41, 5.74) is -0.0903. The van der Waals surface area contributed by atoms with Crippen LogP contribution in [0, 0.1) is 6.92 Å². The third-order valence-electron chi connectivity index (χ3n) is 4.77. The van der Waals surface area contributed by atoms with E-state index in [1.165, 1.54) is 18.3 Å². The van der Waals surface area contributed by atoms with Crippen molar-refractivity contribution in [3.63, 3.8) is 0 Å². The van der Waals surface area contributed by atoms with Crippen molar-refractivity contribution in [1.82, 2.24) is 19.5 Å². The van der Waals surface area contributed by atoms with E-state index in [0.717, 1.165) is 16.7 Å². The lowest BCUT2D eigenvalue weighted by Crippen LogP contribution is -2.34. The summed E-state index contributed by atoms with van der Waals surface area (Å²) >= 11 is 12.0. The summed E-state index contributed by atoms with van der Waals surface area (Å²) in [4.78, 5) is 8.31. The number of ether oxygens (including phenoxy) is 1. The van der Waals surface area contributed by atoms with Gasteiger partial charge in [0.1, 0.15) is 18.1 Å².